The van der Waals surface area contributed by atoms with Gasteiger partial charge in [-0.1, -0.05) is 89.4 Å². The first-order valence-electron chi connectivity index (χ1n) is 23.6. The zero-order chi connectivity index (χ0) is 50.0. The fourth-order valence-electron chi connectivity index (χ4n) is 9.61. The molecule has 0 aliphatic carbocycles. The molecule has 18 heteroatoms. The minimum Gasteiger partial charge on any atom is -0.324 e. The standard InChI is InChI=1S/3C18H16ClN3O2/c3*19-13-4-1-11(2-5-13)12-3-6-15-14(9-12)18(24)22-8-7-20-10-16(22)17(23)21-15/h3*1-6,9,16,20H,7-8,10H2,(H,21,23)/t2*16-;/m10./s1. The first-order valence-corrected chi connectivity index (χ1v) is 24.7. The summed E-state index contributed by atoms with van der Waals surface area (Å²) >= 11 is 17.8. The third kappa shape index (κ3) is 10.0. The van der Waals surface area contributed by atoms with Gasteiger partial charge in [0.2, 0.25) is 17.7 Å². The molecule has 0 aromatic heterocycles. The van der Waals surface area contributed by atoms with Gasteiger partial charge in [-0.3, -0.25) is 28.8 Å². The fourth-order valence-corrected chi connectivity index (χ4v) is 9.99. The molecule has 0 spiro atoms. The van der Waals surface area contributed by atoms with Crippen LogP contribution in [0.2, 0.25) is 15.1 Å². The van der Waals surface area contributed by atoms with E-state index in [0.29, 0.717) is 108 Å². The molecule has 366 valence electrons. The summed E-state index contributed by atoms with van der Waals surface area (Å²) in [5, 5.41) is 20.1. The molecular weight excluding hydrogens is 977 g/mol. The Morgan fingerprint density at radius 1 is 0.347 bits per heavy atom. The number of fused-ring (bicyclic) bond motifs is 6. The Morgan fingerprint density at radius 3 is 0.861 bits per heavy atom. The summed E-state index contributed by atoms with van der Waals surface area (Å²) in [5.41, 5.74) is 8.96. The van der Waals surface area contributed by atoms with Crippen molar-refractivity contribution < 1.29 is 28.8 Å². The first kappa shape index (κ1) is 48.5. The van der Waals surface area contributed by atoms with Gasteiger partial charge < -0.3 is 46.6 Å². The molecule has 6 aromatic carbocycles. The van der Waals surface area contributed by atoms with E-state index in [4.69, 9.17) is 34.8 Å². The van der Waals surface area contributed by atoms with Crippen LogP contribution in [0.1, 0.15) is 31.1 Å². The zero-order valence-corrected chi connectivity index (χ0v) is 40.9. The third-order valence-electron chi connectivity index (χ3n) is 13.5. The van der Waals surface area contributed by atoms with Crippen LogP contribution in [0.5, 0.6) is 0 Å². The van der Waals surface area contributed by atoms with Gasteiger partial charge in [-0.25, -0.2) is 0 Å². The van der Waals surface area contributed by atoms with Crippen LogP contribution in [0.25, 0.3) is 33.4 Å². The topological polar surface area (TPSA) is 184 Å². The minimum atomic E-state index is -0.461. The first-order chi connectivity index (χ1) is 34.9. The maximum atomic E-state index is 12.9. The number of hydrogen-bond acceptors (Lipinski definition) is 9. The van der Waals surface area contributed by atoms with Gasteiger partial charge in [0.15, 0.2) is 0 Å². The van der Waals surface area contributed by atoms with Crippen molar-refractivity contribution >= 4 is 87.3 Å². The second-order valence-corrected chi connectivity index (χ2v) is 19.2. The SMILES string of the molecule is O=C1Nc2ccc(-c3ccc(Cl)cc3)cc2C(=O)N2CCNCC12.O=C1Nc2ccc(-c3ccc(Cl)cc3)cc2C(=O)N2CCNC[C@@H]12.O=C1Nc2ccc(-c3ccc(Cl)cc3)cc2C(=O)N2CCNC[C@H]12. The highest BCUT2D eigenvalue weighted by Gasteiger charge is 2.39. The molecule has 0 radical (unpaired) electrons. The van der Waals surface area contributed by atoms with E-state index in [-0.39, 0.29) is 35.4 Å². The summed E-state index contributed by atoms with van der Waals surface area (Å²) in [6.45, 7) is 5.12. The van der Waals surface area contributed by atoms with E-state index in [0.717, 1.165) is 33.4 Å². The average molecular weight is 1030 g/mol. The van der Waals surface area contributed by atoms with Crippen molar-refractivity contribution in [2.75, 3.05) is 74.9 Å². The number of anilines is 3. The highest BCUT2D eigenvalue weighted by Crippen LogP contribution is 2.33. The summed E-state index contributed by atoms with van der Waals surface area (Å²) < 4.78 is 0. The maximum Gasteiger partial charge on any atom is 0.256 e. The van der Waals surface area contributed by atoms with E-state index in [1.165, 1.54) is 0 Å². The number of benzene rings is 6. The highest BCUT2D eigenvalue weighted by molar-refractivity contribution is 6.31. The van der Waals surface area contributed by atoms with Gasteiger partial charge in [-0.05, 0) is 106 Å². The smallest absolute Gasteiger partial charge is 0.256 e. The van der Waals surface area contributed by atoms with E-state index in [2.05, 4.69) is 31.9 Å². The molecule has 3 saturated heterocycles. The second kappa shape index (κ2) is 20.9. The molecule has 0 bridgehead atoms. The van der Waals surface area contributed by atoms with E-state index in [1.807, 2.05) is 109 Å². The number of carbonyl (C=O) groups is 6. The van der Waals surface area contributed by atoms with Gasteiger partial charge in [0.1, 0.15) is 18.1 Å². The molecule has 6 aliphatic heterocycles. The van der Waals surface area contributed by atoms with Gasteiger partial charge in [0.25, 0.3) is 17.7 Å². The molecular formula is C54H48Cl3N9O6. The molecule has 0 saturated carbocycles. The van der Waals surface area contributed by atoms with Crippen LogP contribution >= 0.6 is 34.8 Å². The second-order valence-electron chi connectivity index (χ2n) is 17.9. The van der Waals surface area contributed by atoms with Crippen LogP contribution in [0.15, 0.2) is 127 Å². The Kier molecular flexibility index (Phi) is 14.1. The molecule has 6 heterocycles. The summed E-state index contributed by atoms with van der Waals surface area (Å²) in [7, 11) is 0. The van der Waals surface area contributed by atoms with Crippen LogP contribution in [-0.2, 0) is 14.4 Å². The van der Waals surface area contributed by atoms with Crippen LogP contribution in [-0.4, -0.2) is 127 Å². The van der Waals surface area contributed by atoms with Crippen molar-refractivity contribution in [3.05, 3.63) is 159 Å². The summed E-state index contributed by atoms with van der Waals surface area (Å²) in [4.78, 5) is 81.0. The van der Waals surface area contributed by atoms with Crippen molar-refractivity contribution in [2.24, 2.45) is 0 Å². The monoisotopic (exact) mass is 1020 g/mol. The van der Waals surface area contributed by atoms with E-state index >= 15 is 0 Å². The van der Waals surface area contributed by atoms with Crippen LogP contribution in [0, 0.1) is 0 Å². The van der Waals surface area contributed by atoms with Gasteiger partial charge in [-0.15, -0.1) is 0 Å². The number of carbonyl (C=O) groups excluding carboxylic acids is 6. The summed E-state index contributed by atoms with van der Waals surface area (Å²) in [6, 6.07) is 37.6. The summed E-state index contributed by atoms with van der Waals surface area (Å²) in [6.07, 6.45) is 0. The van der Waals surface area contributed by atoms with E-state index < -0.39 is 18.1 Å². The largest absolute Gasteiger partial charge is 0.324 e. The van der Waals surface area contributed by atoms with Gasteiger partial charge in [-0.2, -0.15) is 0 Å². The molecule has 6 aliphatic rings. The lowest BCUT2D eigenvalue weighted by atomic mass is 10.0. The average Bonchev–Trinajstić information content (AvgIpc) is 3.65. The number of halogens is 3. The van der Waals surface area contributed by atoms with Crippen LogP contribution < -0.4 is 31.9 Å². The number of hydrogen-bond donors (Lipinski definition) is 6. The minimum absolute atomic E-state index is 0.106. The van der Waals surface area contributed by atoms with Gasteiger partial charge >= 0.3 is 0 Å². The number of nitrogens with zero attached hydrogens (tertiary/aromatic N) is 3. The third-order valence-corrected chi connectivity index (χ3v) is 14.2. The molecule has 3 fully saturated rings. The van der Waals surface area contributed by atoms with Crippen molar-refractivity contribution in [3.8, 4) is 33.4 Å². The molecule has 3 atom stereocenters. The van der Waals surface area contributed by atoms with Crippen LogP contribution in [0.4, 0.5) is 17.1 Å². The number of amides is 6. The van der Waals surface area contributed by atoms with Gasteiger partial charge in [0.05, 0.1) is 33.8 Å². The Labute approximate surface area is 430 Å². The quantitative estimate of drug-likeness (QED) is 0.108. The van der Waals surface area contributed by atoms with Crippen molar-refractivity contribution in [3.63, 3.8) is 0 Å². The molecule has 12 rings (SSSR count). The lowest BCUT2D eigenvalue weighted by Crippen LogP contribution is -2.57. The molecule has 72 heavy (non-hydrogen) atoms. The Bertz CT molecular complexity index is 2790. The predicted octanol–water partition coefficient (Wildman–Crippen LogP) is 7.12. The van der Waals surface area contributed by atoms with Crippen molar-refractivity contribution in [1.82, 2.24) is 30.7 Å². The number of rotatable bonds is 3. The van der Waals surface area contributed by atoms with Crippen molar-refractivity contribution in [2.45, 2.75) is 18.1 Å². The van der Waals surface area contributed by atoms with Gasteiger partial charge in [0, 0.05) is 74.0 Å². The van der Waals surface area contributed by atoms with Crippen LogP contribution in [0.3, 0.4) is 0 Å². The summed E-state index contributed by atoms with van der Waals surface area (Å²) in [5.74, 6) is -0.752. The number of nitrogens with one attached hydrogen (secondary N) is 6. The molecule has 15 nitrogen and oxygen atoms in total. The predicted molar refractivity (Wildman–Crippen MR) is 280 cm³/mol. The zero-order valence-electron chi connectivity index (χ0n) is 38.6. The normalized spacial score (nSPS) is 20.0. The molecule has 6 N–H and O–H groups in total. The van der Waals surface area contributed by atoms with E-state index in [9.17, 15) is 28.8 Å². The lowest BCUT2D eigenvalue weighted by Gasteiger charge is -2.33. The highest BCUT2D eigenvalue weighted by atomic mass is 35.5. The Hall–Kier alpha value is -7.11. The lowest BCUT2D eigenvalue weighted by molar-refractivity contribution is -0.121. The Morgan fingerprint density at radius 2 is 0.597 bits per heavy atom. The van der Waals surface area contributed by atoms with Crippen molar-refractivity contribution in [1.29, 1.82) is 0 Å². The number of piperazine rings is 3. The Balaban J connectivity index is 0.000000124. The molecule has 6 amide bonds. The maximum absolute atomic E-state index is 12.9. The van der Waals surface area contributed by atoms with E-state index in [1.54, 1.807) is 32.9 Å². The molecule has 1 unspecified atom stereocenters. The fraction of sp³-hybridized carbons (Fsp3) is 0.222. The molecule has 6 aromatic rings.